The van der Waals surface area contributed by atoms with Crippen LogP contribution >= 0.6 is 0 Å². The van der Waals surface area contributed by atoms with Crippen LogP contribution in [0.5, 0.6) is 0 Å². The highest BCUT2D eigenvalue weighted by Crippen LogP contribution is 2.01. The molecule has 2 unspecified atom stereocenters. The highest BCUT2D eigenvalue weighted by atomic mass is 16.1. The van der Waals surface area contributed by atoms with Crippen LogP contribution in [0, 0.1) is 12.8 Å². The number of nitrogens with two attached hydrogens (primary N) is 1. The molecule has 0 radical (unpaired) electrons. The van der Waals surface area contributed by atoms with E-state index in [0.717, 1.165) is 25.2 Å². The van der Waals surface area contributed by atoms with Crippen LogP contribution in [0.2, 0.25) is 0 Å². The van der Waals surface area contributed by atoms with Gasteiger partial charge in [0.25, 0.3) is 0 Å². The molecule has 0 aliphatic rings. The Kier molecular flexibility index (Phi) is 5.85. The molecule has 0 bridgehead atoms. The first-order valence-corrected chi connectivity index (χ1v) is 6.53. The molecule has 3 N–H and O–H groups in total. The van der Waals surface area contributed by atoms with E-state index in [2.05, 4.69) is 14.9 Å². The van der Waals surface area contributed by atoms with Crippen LogP contribution in [-0.2, 0) is 11.3 Å². The van der Waals surface area contributed by atoms with E-state index >= 15 is 0 Å². The monoisotopic (exact) mass is 252 g/mol. The molecule has 2 atom stereocenters. The lowest BCUT2D eigenvalue weighted by Gasteiger charge is -2.15. The van der Waals surface area contributed by atoms with Crippen LogP contribution in [0.4, 0.5) is 0 Å². The number of nitrogens with zero attached hydrogens (tertiary/aromatic N) is 2. The number of carbonyl (C=O) groups excluding carboxylic acids is 1. The Morgan fingerprint density at radius 2 is 2.22 bits per heavy atom. The number of hydrogen-bond acceptors (Lipinski definition) is 3. The molecular weight excluding hydrogens is 228 g/mol. The molecule has 1 amide bonds. The first kappa shape index (κ1) is 14.7. The van der Waals surface area contributed by atoms with Crippen LogP contribution in [-0.4, -0.2) is 28.0 Å². The largest absolute Gasteiger partial charge is 0.356 e. The fourth-order valence-corrected chi connectivity index (χ4v) is 1.66. The topological polar surface area (TPSA) is 72.9 Å². The molecule has 1 aromatic rings. The second-order valence-electron chi connectivity index (χ2n) is 4.81. The molecular formula is C13H24N4O. The van der Waals surface area contributed by atoms with Gasteiger partial charge in [0, 0.05) is 37.4 Å². The van der Waals surface area contributed by atoms with Gasteiger partial charge in [0.1, 0.15) is 5.82 Å². The third-order valence-corrected chi connectivity index (χ3v) is 3.25. The standard InChI is InChI=1S/C13H24N4O/c1-10(11(2)14)13(18)16-6-4-5-8-17-9-7-15-12(17)3/h7,9-11H,4-6,8,14H2,1-3H3,(H,16,18). The van der Waals surface area contributed by atoms with Crippen molar-refractivity contribution in [3.8, 4) is 0 Å². The molecule has 0 aliphatic carbocycles. The van der Waals surface area contributed by atoms with E-state index in [1.165, 1.54) is 0 Å². The number of imidazole rings is 1. The van der Waals surface area contributed by atoms with E-state index in [1.54, 1.807) is 6.20 Å². The Morgan fingerprint density at radius 3 is 2.78 bits per heavy atom. The minimum atomic E-state index is -0.124. The predicted octanol–water partition coefficient (Wildman–Crippen LogP) is 1.07. The summed E-state index contributed by atoms with van der Waals surface area (Å²) < 4.78 is 2.12. The zero-order valence-electron chi connectivity index (χ0n) is 11.5. The normalized spacial score (nSPS) is 14.2. The molecule has 1 rings (SSSR count). The van der Waals surface area contributed by atoms with E-state index in [4.69, 9.17) is 5.73 Å². The second-order valence-corrected chi connectivity index (χ2v) is 4.81. The molecule has 0 saturated heterocycles. The zero-order valence-corrected chi connectivity index (χ0v) is 11.5. The molecule has 1 aromatic heterocycles. The highest BCUT2D eigenvalue weighted by Gasteiger charge is 2.15. The van der Waals surface area contributed by atoms with Crippen LogP contribution in [0.15, 0.2) is 12.4 Å². The van der Waals surface area contributed by atoms with Crippen LogP contribution in [0.3, 0.4) is 0 Å². The van der Waals surface area contributed by atoms with Crippen molar-refractivity contribution in [3.63, 3.8) is 0 Å². The first-order valence-electron chi connectivity index (χ1n) is 6.53. The zero-order chi connectivity index (χ0) is 13.5. The van der Waals surface area contributed by atoms with Gasteiger partial charge in [-0.1, -0.05) is 6.92 Å². The minimum absolute atomic E-state index is 0.0452. The summed E-state index contributed by atoms with van der Waals surface area (Å²) in [5.41, 5.74) is 5.68. The van der Waals surface area contributed by atoms with E-state index in [1.807, 2.05) is 27.0 Å². The number of aryl methyl sites for hydroxylation is 2. The van der Waals surface area contributed by atoms with E-state index in [0.29, 0.717) is 6.54 Å². The quantitative estimate of drug-likeness (QED) is 0.713. The van der Waals surface area contributed by atoms with Gasteiger partial charge in [0.05, 0.1) is 0 Å². The highest BCUT2D eigenvalue weighted by molar-refractivity contribution is 5.78. The number of carbonyl (C=O) groups is 1. The minimum Gasteiger partial charge on any atom is -0.356 e. The molecule has 102 valence electrons. The van der Waals surface area contributed by atoms with E-state index in [9.17, 15) is 4.79 Å². The summed E-state index contributed by atoms with van der Waals surface area (Å²) in [4.78, 5) is 15.8. The van der Waals surface area contributed by atoms with Crippen molar-refractivity contribution in [3.05, 3.63) is 18.2 Å². The van der Waals surface area contributed by atoms with Gasteiger partial charge in [-0.2, -0.15) is 0 Å². The predicted molar refractivity (Wildman–Crippen MR) is 72.0 cm³/mol. The SMILES string of the molecule is Cc1nccn1CCCCNC(=O)C(C)C(C)N. The third-order valence-electron chi connectivity index (χ3n) is 3.25. The summed E-state index contributed by atoms with van der Waals surface area (Å²) in [6, 6.07) is -0.0985. The van der Waals surface area contributed by atoms with Crippen molar-refractivity contribution in [1.29, 1.82) is 0 Å². The van der Waals surface area contributed by atoms with E-state index in [-0.39, 0.29) is 17.9 Å². The summed E-state index contributed by atoms with van der Waals surface area (Å²) >= 11 is 0. The van der Waals surface area contributed by atoms with Crippen LogP contribution < -0.4 is 11.1 Å². The number of aromatic nitrogens is 2. The Hall–Kier alpha value is -1.36. The molecule has 0 fully saturated rings. The van der Waals surface area contributed by atoms with Gasteiger partial charge in [0.15, 0.2) is 0 Å². The second kappa shape index (κ2) is 7.16. The number of nitrogens with one attached hydrogen (secondary N) is 1. The Labute approximate surface area is 109 Å². The number of amides is 1. The molecule has 1 heterocycles. The summed E-state index contributed by atoms with van der Waals surface area (Å²) in [6.45, 7) is 7.36. The average molecular weight is 252 g/mol. The molecule has 0 aromatic carbocycles. The summed E-state index contributed by atoms with van der Waals surface area (Å²) in [6.07, 6.45) is 5.78. The van der Waals surface area contributed by atoms with Gasteiger partial charge in [-0.3, -0.25) is 4.79 Å². The summed E-state index contributed by atoms with van der Waals surface area (Å²) in [7, 11) is 0. The van der Waals surface area contributed by atoms with Crippen molar-refractivity contribution < 1.29 is 4.79 Å². The number of hydrogen-bond donors (Lipinski definition) is 2. The fraction of sp³-hybridized carbons (Fsp3) is 0.692. The lowest BCUT2D eigenvalue weighted by atomic mass is 10.0. The molecule has 18 heavy (non-hydrogen) atoms. The molecule has 5 heteroatoms. The fourth-order valence-electron chi connectivity index (χ4n) is 1.66. The maximum Gasteiger partial charge on any atom is 0.224 e. The maximum atomic E-state index is 11.6. The van der Waals surface area contributed by atoms with E-state index < -0.39 is 0 Å². The lowest BCUT2D eigenvalue weighted by molar-refractivity contribution is -0.124. The molecule has 0 saturated carbocycles. The van der Waals surface area contributed by atoms with Crippen LogP contribution in [0.25, 0.3) is 0 Å². The van der Waals surface area contributed by atoms with Crippen LogP contribution in [0.1, 0.15) is 32.5 Å². The smallest absolute Gasteiger partial charge is 0.224 e. The lowest BCUT2D eigenvalue weighted by Crippen LogP contribution is -2.38. The van der Waals surface area contributed by atoms with Gasteiger partial charge < -0.3 is 15.6 Å². The summed E-state index contributed by atoms with van der Waals surface area (Å²) in [5, 5.41) is 2.91. The molecule has 0 aliphatic heterocycles. The third kappa shape index (κ3) is 4.49. The van der Waals surface area contributed by atoms with Gasteiger partial charge in [0.2, 0.25) is 5.91 Å². The Morgan fingerprint density at radius 1 is 1.50 bits per heavy atom. The first-order chi connectivity index (χ1) is 8.52. The van der Waals surface area contributed by atoms with Crippen molar-refractivity contribution >= 4 is 5.91 Å². The van der Waals surface area contributed by atoms with Gasteiger partial charge in [-0.25, -0.2) is 4.98 Å². The van der Waals surface area contributed by atoms with Crippen molar-refractivity contribution in [1.82, 2.24) is 14.9 Å². The van der Waals surface area contributed by atoms with Gasteiger partial charge in [-0.15, -0.1) is 0 Å². The maximum absolute atomic E-state index is 11.6. The Bertz CT molecular complexity index is 373. The number of unbranched alkanes of at least 4 members (excludes halogenated alkanes) is 1. The van der Waals surface area contributed by atoms with Gasteiger partial charge in [-0.05, 0) is 26.7 Å². The van der Waals surface area contributed by atoms with Crippen molar-refractivity contribution in [2.45, 2.75) is 46.2 Å². The average Bonchev–Trinajstić information content (AvgIpc) is 2.73. The Balaban J connectivity index is 2.12. The molecule has 0 spiro atoms. The van der Waals surface area contributed by atoms with Gasteiger partial charge >= 0.3 is 0 Å². The number of rotatable bonds is 7. The molecule has 5 nitrogen and oxygen atoms in total. The van der Waals surface area contributed by atoms with Crippen molar-refractivity contribution in [2.24, 2.45) is 11.7 Å². The summed E-state index contributed by atoms with van der Waals surface area (Å²) in [5.74, 6) is 0.953. The van der Waals surface area contributed by atoms with Crippen molar-refractivity contribution in [2.75, 3.05) is 6.54 Å².